The fourth-order valence-corrected chi connectivity index (χ4v) is 5.22. The van der Waals surface area contributed by atoms with Gasteiger partial charge < -0.3 is 14.6 Å². The quantitative estimate of drug-likeness (QED) is 0.512. The highest BCUT2D eigenvalue weighted by Gasteiger charge is 2.45. The van der Waals surface area contributed by atoms with Gasteiger partial charge in [-0.05, 0) is 49.9 Å². The number of fused-ring (bicyclic) bond motifs is 1. The predicted octanol–water partition coefficient (Wildman–Crippen LogP) is 5.34. The summed E-state index contributed by atoms with van der Waals surface area (Å²) < 4.78 is 5.72. The first-order valence-electron chi connectivity index (χ1n) is 11.0. The highest BCUT2D eigenvalue weighted by molar-refractivity contribution is 7.99. The molecule has 3 aromatic rings. The number of oxazole rings is 1. The molecule has 168 valence electrons. The number of thioether (sulfide) groups is 1. The number of amides is 2. The number of anilines is 1. The van der Waals surface area contributed by atoms with Crippen molar-refractivity contribution in [2.24, 2.45) is 0 Å². The molecule has 0 atom stereocenters. The Balaban J connectivity index is 1.50. The highest BCUT2D eigenvalue weighted by Crippen LogP contribution is 2.36. The second-order valence-electron chi connectivity index (χ2n) is 8.50. The Labute approximate surface area is 192 Å². The van der Waals surface area contributed by atoms with Crippen LogP contribution in [0.25, 0.3) is 11.1 Å². The zero-order chi connectivity index (χ0) is 22.7. The summed E-state index contributed by atoms with van der Waals surface area (Å²) >= 11 is 1.27. The summed E-state index contributed by atoms with van der Waals surface area (Å²) in [6.07, 6.45) is 4.27. The van der Waals surface area contributed by atoms with Crippen LogP contribution in [0.15, 0.2) is 52.1 Å². The Morgan fingerprint density at radius 2 is 1.75 bits per heavy atom. The zero-order valence-corrected chi connectivity index (χ0v) is 19.6. The number of nitrogens with one attached hydrogen (secondary N) is 1. The molecule has 6 nitrogen and oxygen atoms in total. The third-order valence-corrected chi connectivity index (χ3v) is 7.25. The number of aryl methyl sites for hydroxylation is 2. The average Bonchev–Trinajstić information content (AvgIpc) is 3.23. The van der Waals surface area contributed by atoms with Gasteiger partial charge in [-0.15, -0.1) is 0 Å². The lowest BCUT2D eigenvalue weighted by Crippen LogP contribution is -2.58. The van der Waals surface area contributed by atoms with Crippen LogP contribution in [-0.2, 0) is 9.59 Å². The number of nitrogens with zero attached hydrogens (tertiary/aromatic N) is 2. The van der Waals surface area contributed by atoms with Crippen molar-refractivity contribution < 1.29 is 14.0 Å². The van der Waals surface area contributed by atoms with E-state index in [0.717, 1.165) is 41.6 Å². The molecule has 1 heterocycles. The summed E-state index contributed by atoms with van der Waals surface area (Å²) in [6, 6.07) is 13.5. The van der Waals surface area contributed by atoms with Gasteiger partial charge in [0.05, 0.1) is 5.75 Å². The maximum Gasteiger partial charge on any atom is 0.257 e. The monoisotopic (exact) mass is 451 g/mol. The largest absolute Gasteiger partial charge is 0.431 e. The summed E-state index contributed by atoms with van der Waals surface area (Å²) in [4.78, 5) is 32.9. The standard InChI is InChI=1S/C25H29N3O3S/c1-17-10-9-11-18(2)22(17)27-23(30)25(14-7-4-8-15-25)28(3)21(29)16-32-24-26-19-12-5-6-13-20(19)31-24/h5-6,9-13H,4,7-8,14-16H2,1-3H3,(H,27,30). The number of hydrogen-bond acceptors (Lipinski definition) is 5. The van der Waals surface area contributed by atoms with Crippen molar-refractivity contribution in [1.29, 1.82) is 0 Å². The van der Waals surface area contributed by atoms with E-state index in [-0.39, 0.29) is 17.6 Å². The predicted molar refractivity (Wildman–Crippen MR) is 128 cm³/mol. The van der Waals surface area contributed by atoms with Crippen molar-refractivity contribution in [3.8, 4) is 0 Å². The van der Waals surface area contributed by atoms with E-state index in [0.29, 0.717) is 23.6 Å². The van der Waals surface area contributed by atoms with Crippen molar-refractivity contribution >= 4 is 40.4 Å². The van der Waals surface area contributed by atoms with Crippen molar-refractivity contribution in [1.82, 2.24) is 9.88 Å². The number of likely N-dealkylation sites (N-methyl/N-ethyl adjacent to an activating group) is 1. The molecule has 1 aromatic heterocycles. The van der Waals surface area contributed by atoms with E-state index in [2.05, 4.69) is 10.3 Å². The van der Waals surface area contributed by atoms with E-state index in [1.807, 2.05) is 56.3 Å². The first kappa shape index (κ1) is 22.4. The molecule has 4 rings (SSSR count). The smallest absolute Gasteiger partial charge is 0.257 e. The van der Waals surface area contributed by atoms with Gasteiger partial charge in [0.2, 0.25) is 11.8 Å². The first-order chi connectivity index (χ1) is 15.4. The number of carbonyl (C=O) groups excluding carboxylic acids is 2. The number of carbonyl (C=O) groups is 2. The molecule has 0 saturated heterocycles. The van der Waals surface area contributed by atoms with Gasteiger partial charge in [0.15, 0.2) is 5.58 Å². The van der Waals surface area contributed by atoms with Crippen LogP contribution in [0.2, 0.25) is 0 Å². The number of hydrogen-bond donors (Lipinski definition) is 1. The van der Waals surface area contributed by atoms with Gasteiger partial charge >= 0.3 is 0 Å². The van der Waals surface area contributed by atoms with Crippen LogP contribution in [0, 0.1) is 13.8 Å². The van der Waals surface area contributed by atoms with E-state index in [1.54, 1.807) is 11.9 Å². The number of benzene rings is 2. The molecule has 0 unspecified atom stereocenters. The number of aromatic nitrogens is 1. The van der Waals surface area contributed by atoms with Gasteiger partial charge in [-0.25, -0.2) is 4.98 Å². The molecule has 1 aliphatic carbocycles. The number of para-hydroxylation sites is 3. The molecule has 32 heavy (non-hydrogen) atoms. The number of rotatable bonds is 6. The maximum atomic E-state index is 13.6. The first-order valence-corrected chi connectivity index (χ1v) is 12.0. The second-order valence-corrected chi connectivity index (χ2v) is 9.43. The molecule has 0 bridgehead atoms. The van der Waals surface area contributed by atoms with E-state index in [9.17, 15) is 9.59 Å². The fraction of sp³-hybridized carbons (Fsp3) is 0.400. The lowest BCUT2D eigenvalue weighted by Gasteiger charge is -2.43. The maximum absolute atomic E-state index is 13.6. The summed E-state index contributed by atoms with van der Waals surface area (Å²) in [7, 11) is 1.75. The Kier molecular flexibility index (Phi) is 6.55. The molecule has 1 fully saturated rings. The lowest BCUT2D eigenvalue weighted by atomic mass is 9.79. The van der Waals surface area contributed by atoms with Crippen LogP contribution >= 0.6 is 11.8 Å². The molecule has 2 amide bonds. The highest BCUT2D eigenvalue weighted by atomic mass is 32.2. The van der Waals surface area contributed by atoms with Crippen molar-refractivity contribution in [3.05, 3.63) is 53.6 Å². The molecule has 7 heteroatoms. The zero-order valence-electron chi connectivity index (χ0n) is 18.8. The van der Waals surface area contributed by atoms with E-state index in [1.165, 1.54) is 11.8 Å². The topological polar surface area (TPSA) is 75.4 Å². The summed E-state index contributed by atoms with van der Waals surface area (Å²) in [5, 5.41) is 3.61. The van der Waals surface area contributed by atoms with Gasteiger partial charge in [-0.2, -0.15) is 0 Å². The van der Waals surface area contributed by atoms with Gasteiger partial charge in [0.25, 0.3) is 5.22 Å². The van der Waals surface area contributed by atoms with Crippen LogP contribution < -0.4 is 5.32 Å². The molecular weight excluding hydrogens is 422 g/mol. The Morgan fingerprint density at radius 1 is 1.06 bits per heavy atom. The molecule has 1 saturated carbocycles. The normalized spacial score (nSPS) is 15.5. The van der Waals surface area contributed by atoms with Crippen LogP contribution in [0.3, 0.4) is 0 Å². The molecule has 0 radical (unpaired) electrons. The SMILES string of the molecule is Cc1cccc(C)c1NC(=O)C1(N(C)C(=O)CSc2nc3ccccc3o2)CCCCC1. The Hall–Kier alpha value is -2.80. The van der Waals surface area contributed by atoms with Gasteiger partial charge in [0.1, 0.15) is 11.1 Å². The van der Waals surface area contributed by atoms with Gasteiger partial charge in [0, 0.05) is 12.7 Å². The van der Waals surface area contributed by atoms with Crippen LogP contribution in [0.5, 0.6) is 0 Å². The lowest BCUT2D eigenvalue weighted by molar-refractivity contribution is -0.143. The van der Waals surface area contributed by atoms with Crippen molar-refractivity contribution in [2.45, 2.75) is 56.7 Å². The van der Waals surface area contributed by atoms with E-state index < -0.39 is 5.54 Å². The Bertz CT molecular complexity index is 1080. The molecule has 1 aliphatic rings. The van der Waals surface area contributed by atoms with Crippen molar-refractivity contribution in [3.63, 3.8) is 0 Å². The average molecular weight is 452 g/mol. The third kappa shape index (κ3) is 4.39. The van der Waals surface area contributed by atoms with E-state index >= 15 is 0 Å². The van der Waals surface area contributed by atoms with Crippen LogP contribution in [0.1, 0.15) is 43.2 Å². The molecule has 1 N–H and O–H groups in total. The summed E-state index contributed by atoms with van der Waals surface area (Å²) in [6.45, 7) is 3.98. The van der Waals surface area contributed by atoms with Crippen LogP contribution in [-0.4, -0.2) is 40.0 Å². The molecular formula is C25H29N3O3S. The molecule has 2 aromatic carbocycles. The van der Waals surface area contributed by atoms with Crippen LogP contribution in [0.4, 0.5) is 5.69 Å². The van der Waals surface area contributed by atoms with Gasteiger partial charge in [-0.1, -0.05) is 61.4 Å². The van der Waals surface area contributed by atoms with Gasteiger partial charge in [-0.3, -0.25) is 9.59 Å². The fourth-order valence-electron chi connectivity index (χ4n) is 4.46. The third-order valence-electron chi connectivity index (χ3n) is 6.43. The molecule has 0 aliphatic heterocycles. The minimum atomic E-state index is -0.841. The Morgan fingerprint density at radius 3 is 2.44 bits per heavy atom. The van der Waals surface area contributed by atoms with E-state index in [4.69, 9.17) is 4.42 Å². The summed E-state index contributed by atoms with van der Waals surface area (Å²) in [5.74, 6) is -0.0324. The minimum absolute atomic E-state index is 0.0997. The van der Waals surface area contributed by atoms with Crippen molar-refractivity contribution in [2.75, 3.05) is 18.1 Å². The molecule has 0 spiro atoms. The second kappa shape index (κ2) is 9.36. The summed E-state index contributed by atoms with van der Waals surface area (Å²) in [5.41, 5.74) is 3.50. The minimum Gasteiger partial charge on any atom is -0.431 e.